The number of hydrogen-bond acceptors (Lipinski definition) is 5. The molecule has 0 atom stereocenters. The van der Waals surface area contributed by atoms with Gasteiger partial charge in [-0.2, -0.15) is 0 Å². The monoisotopic (exact) mass is 496 g/mol. The van der Waals surface area contributed by atoms with E-state index < -0.39 is 0 Å². The highest BCUT2D eigenvalue weighted by Gasteiger charge is 2.08. The van der Waals surface area contributed by atoms with Gasteiger partial charge < -0.3 is 15.0 Å². The van der Waals surface area contributed by atoms with Crippen LogP contribution in [0.4, 0.5) is 0 Å². The first-order chi connectivity index (χ1) is 12.1. The van der Waals surface area contributed by atoms with Gasteiger partial charge in [-0.15, -0.1) is 35.3 Å². The molecule has 6 nitrogen and oxygen atoms in total. The number of rotatable bonds is 11. The van der Waals surface area contributed by atoms with E-state index in [9.17, 15) is 4.79 Å². The van der Waals surface area contributed by atoms with Gasteiger partial charge in [-0.25, -0.2) is 4.98 Å². The summed E-state index contributed by atoms with van der Waals surface area (Å²) < 4.78 is 4.92. The summed E-state index contributed by atoms with van der Waals surface area (Å²) in [4.78, 5) is 22.1. The lowest BCUT2D eigenvalue weighted by atomic mass is 10.1. The van der Waals surface area contributed by atoms with E-state index in [1.165, 1.54) is 0 Å². The van der Waals surface area contributed by atoms with Crippen molar-refractivity contribution in [2.45, 2.75) is 58.9 Å². The summed E-state index contributed by atoms with van der Waals surface area (Å²) >= 11 is 1.67. The molecular formula is C18H33IN4O2S. The number of guanidine groups is 1. The van der Waals surface area contributed by atoms with Gasteiger partial charge in [-0.05, 0) is 26.7 Å². The number of aliphatic imine (C=N–C) groups is 1. The predicted molar refractivity (Wildman–Crippen MR) is 119 cm³/mol. The highest BCUT2D eigenvalue weighted by molar-refractivity contribution is 14.0. The first kappa shape index (κ1) is 25.1. The Hall–Kier alpha value is -0.900. The molecule has 1 aromatic heterocycles. The van der Waals surface area contributed by atoms with Gasteiger partial charge in [0.2, 0.25) is 0 Å². The largest absolute Gasteiger partial charge is 0.466 e. The quantitative estimate of drug-likeness (QED) is 0.165. The van der Waals surface area contributed by atoms with Crippen LogP contribution in [-0.4, -0.2) is 49.1 Å². The third-order valence-electron chi connectivity index (χ3n) is 3.79. The van der Waals surface area contributed by atoms with Crippen molar-refractivity contribution < 1.29 is 9.53 Å². The number of unbranched alkanes of at least 4 members (excludes halogenated alkanes) is 4. The zero-order valence-corrected chi connectivity index (χ0v) is 19.6. The van der Waals surface area contributed by atoms with Crippen LogP contribution in [0.15, 0.2) is 10.4 Å². The maximum absolute atomic E-state index is 11.2. The van der Waals surface area contributed by atoms with E-state index in [0.717, 1.165) is 61.9 Å². The van der Waals surface area contributed by atoms with Gasteiger partial charge in [-0.3, -0.25) is 9.79 Å². The van der Waals surface area contributed by atoms with Crippen LogP contribution in [0.3, 0.4) is 0 Å². The highest BCUT2D eigenvalue weighted by Crippen LogP contribution is 2.10. The number of aryl methyl sites for hydroxylation is 1. The molecule has 8 heteroatoms. The zero-order valence-electron chi connectivity index (χ0n) is 16.4. The Balaban J connectivity index is 0.00000625. The second-order valence-corrected chi connectivity index (χ2v) is 7.07. The van der Waals surface area contributed by atoms with Crippen LogP contribution in [-0.2, 0) is 16.1 Å². The molecule has 0 aliphatic rings. The number of ether oxygens (including phenoxy) is 1. The molecular weight excluding hydrogens is 463 g/mol. The van der Waals surface area contributed by atoms with Crippen molar-refractivity contribution in [3.05, 3.63) is 16.1 Å². The molecule has 0 radical (unpaired) electrons. The van der Waals surface area contributed by atoms with E-state index in [4.69, 9.17) is 4.74 Å². The first-order valence-corrected chi connectivity index (χ1v) is 9.93. The molecule has 0 saturated heterocycles. The van der Waals surface area contributed by atoms with Crippen molar-refractivity contribution >= 4 is 47.2 Å². The Morgan fingerprint density at radius 3 is 2.62 bits per heavy atom. The Kier molecular flexibility index (Phi) is 14.7. The topological polar surface area (TPSA) is 66.8 Å². The van der Waals surface area contributed by atoms with E-state index in [2.05, 4.69) is 25.6 Å². The van der Waals surface area contributed by atoms with Gasteiger partial charge in [0.05, 0.1) is 23.9 Å². The number of halogens is 1. The van der Waals surface area contributed by atoms with Crippen LogP contribution < -0.4 is 5.32 Å². The summed E-state index contributed by atoms with van der Waals surface area (Å²) in [7, 11) is 3.83. The minimum atomic E-state index is -0.0775. The summed E-state index contributed by atoms with van der Waals surface area (Å²) in [5.41, 5.74) is 1.08. The summed E-state index contributed by atoms with van der Waals surface area (Å²) in [6, 6.07) is 0. The SMILES string of the molecule is CCOC(=O)CCCCCCCNC(=NC)N(C)Cc1csc(C)n1.I. The fourth-order valence-corrected chi connectivity index (χ4v) is 3.15. The van der Waals surface area contributed by atoms with Crippen molar-refractivity contribution in [3.63, 3.8) is 0 Å². The maximum Gasteiger partial charge on any atom is 0.305 e. The molecule has 0 spiro atoms. The average molecular weight is 496 g/mol. The molecule has 0 fully saturated rings. The summed E-state index contributed by atoms with van der Waals surface area (Å²) in [6.45, 7) is 6.01. The van der Waals surface area contributed by atoms with Gasteiger partial charge in [-0.1, -0.05) is 19.3 Å². The lowest BCUT2D eigenvalue weighted by Gasteiger charge is -2.21. The number of hydrogen-bond donors (Lipinski definition) is 1. The second kappa shape index (κ2) is 15.2. The number of nitrogens with zero attached hydrogens (tertiary/aromatic N) is 3. The molecule has 0 aliphatic carbocycles. The molecule has 26 heavy (non-hydrogen) atoms. The summed E-state index contributed by atoms with van der Waals surface area (Å²) in [5.74, 6) is 0.819. The lowest BCUT2D eigenvalue weighted by Crippen LogP contribution is -2.38. The number of nitrogens with one attached hydrogen (secondary N) is 1. The summed E-state index contributed by atoms with van der Waals surface area (Å²) in [6.07, 6.45) is 5.94. The smallest absolute Gasteiger partial charge is 0.305 e. The molecule has 1 N–H and O–H groups in total. The number of thiazole rings is 1. The molecule has 0 bridgehead atoms. The molecule has 0 aromatic carbocycles. The second-order valence-electron chi connectivity index (χ2n) is 6.01. The molecule has 1 rings (SSSR count). The van der Waals surface area contributed by atoms with Crippen LogP contribution in [0.2, 0.25) is 0 Å². The Morgan fingerprint density at radius 1 is 1.31 bits per heavy atom. The first-order valence-electron chi connectivity index (χ1n) is 9.05. The molecule has 0 aliphatic heterocycles. The lowest BCUT2D eigenvalue weighted by molar-refractivity contribution is -0.143. The number of aromatic nitrogens is 1. The van der Waals surface area contributed by atoms with Crippen LogP contribution in [0.5, 0.6) is 0 Å². The normalized spacial score (nSPS) is 11.0. The molecule has 0 amide bonds. The molecule has 150 valence electrons. The number of carbonyl (C=O) groups excluding carboxylic acids is 1. The number of carbonyl (C=O) groups is 1. The Labute approximate surface area is 178 Å². The van der Waals surface area contributed by atoms with E-state index in [0.29, 0.717) is 13.0 Å². The maximum atomic E-state index is 11.2. The molecule has 0 saturated carbocycles. The standard InChI is InChI=1S/C18H32N4O2S.HI/c1-5-24-17(23)11-9-7-6-8-10-12-20-18(19-3)22(4)13-16-14-25-15(2)21-16;/h14H,5-13H2,1-4H3,(H,19,20);1H. The van der Waals surface area contributed by atoms with Crippen LogP contribution >= 0.6 is 35.3 Å². The van der Waals surface area contributed by atoms with Gasteiger partial charge >= 0.3 is 5.97 Å². The zero-order chi connectivity index (χ0) is 18.5. The Morgan fingerprint density at radius 2 is 2.00 bits per heavy atom. The van der Waals surface area contributed by atoms with E-state index in [1.807, 2.05) is 20.9 Å². The minimum absolute atomic E-state index is 0. The van der Waals surface area contributed by atoms with Crippen molar-refractivity contribution in [2.75, 3.05) is 27.2 Å². The Bertz CT molecular complexity index is 537. The third kappa shape index (κ3) is 10.9. The fourth-order valence-electron chi connectivity index (χ4n) is 2.54. The predicted octanol–water partition coefficient (Wildman–Crippen LogP) is 3.98. The van der Waals surface area contributed by atoms with Gasteiger partial charge in [0.15, 0.2) is 5.96 Å². The molecule has 1 heterocycles. The van der Waals surface area contributed by atoms with Crippen LogP contribution in [0, 0.1) is 6.92 Å². The van der Waals surface area contributed by atoms with Gasteiger partial charge in [0.1, 0.15) is 0 Å². The average Bonchev–Trinajstić information content (AvgIpc) is 2.98. The van der Waals surface area contributed by atoms with Crippen molar-refractivity contribution in [1.29, 1.82) is 0 Å². The molecule has 1 aromatic rings. The van der Waals surface area contributed by atoms with E-state index >= 15 is 0 Å². The molecule has 0 unspecified atom stereocenters. The third-order valence-corrected chi connectivity index (χ3v) is 4.61. The number of esters is 1. The van der Waals surface area contributed by atoms with Crippen LogP contribution in [0.1, 0.15) is 56.2 Å². The van der Waals surface area contributed by atoms with Crippen LogP contribution in [0.25, 0.3) is 0 Å². The minimum Gasteiger partial charge on any atom is -0.466 e. The van der Waals surface area contributed by atoms with Gasteiger partial charge in [0, 0.05) is 32.4 Å². The van der Waals surface area contributed by atoms with Crippen molar-refractivity contribution in [2.24, 2.45) is 4.99 Å². The van der Waals surface area contributed by atoms with Gasteiger partial charge in [0.25, 0.3) is 0 Å². The van der Waals surface area contributed by atoms with E-state index in [1.54, 1.807) is 18.4 Å². The fraction of sp³-hybridized carbons (Fsp3) is 0.722. The van der Waals surface area contributed by atoms with E-state index in [-0.39, 0.29) is 29.9 Å². The summed E-state index contributed by atoms with van der Waals surface area (Å²) in [5, 5.41) is 6.58. The van der Waals surface area contributed by atoms with Crippen molar-refractivity contribution in [1.82, 2.24) is 15.2 Å². The van der Waals surface area contributed by atoms with Crippen molar-refractivity contribution in [3.8, 4) is 0 Å². The highest BCUT2D eigenvalue weighted by atomic mass is 127.